The Hall–Kier alpha value is -0.900. The van der Waals surface area contributed by atoms with E-state index in [4.69, 9.17) is 9.47 Å². The van der Waals surface area contributed by atoms with Gasteiger partial charge in [-0.2, -0.15) is 0 Å². The van der Waals surface area contributed by atoms with E-state index in [1.165, 1.54) is 32.1 Å². The Morgan fingerprint density at radius 2 is 2.00 bits per heavy atom. The average molecular weight is 357 g/mol. The molecule has 3 nitrogen and oxygen atoms in total. The van der Waals surface area contributed by atoms with Gasteiger partial charge in [0.1, 0.15) is 0 Å². The van der Waals surface area contributed by atoms with E-state index in [0.29, 0.717) is 24.4 Å². The molecule has 6 atom stereocenters. The van der Waals surface area contributed by atoms with E-state index in [1.807, 2.05) is 0 Å². The van der Waals surface area contributed by atoms with Crippen LogP contribution in [-0.4, -0.2) is 30.7 Å². The van der Waals surface area contributed by atoms with Gasteiger partial charge in [-0.25, -0.2) is 0 Å². The van der Waals surface area contributed by atoms with Crippen LogP contribution in [0.1, 0.15) is 68.4 Å². The lowest BCUT2D eigenvalue weighted by atomic mass is 9.55. The lowest BCUT2D eigenvalue weighted by Crippen LogP contribution is -2.49. The summed E-state index contributed by atoms with van der Waals surface area (Å²) in [4.78, 5) is 0. The first-order chi connectivity index (χ1) is 12.8. The van der Waals surface area contributed by atoms with Crippen LogP contribution in [0.15, 0.2) is 24.3 Å². The normalized spacial score (nSPS) is 42.0. The predicted octanol–water partition coefficient (Wildman–Crippen LogP) is 4.43. The summed E-state index contributed by atoms with van der Waals surface area (Å²) in [5.41, 5.74) is 3.12. The van der Waals surface area contributed by atoms with E-state index in [9.17, 15) is 5.11 Å². The fraction of sp³-hybridized carbons (Fsp3) is 0.739. The highest BCUT2D eigenvalue weighted by Gasteiger charge is 2.57. The van der Waals surface area contributed by atoms with E-state index in [2.05, 4.69) is 24.3 Å². The summed E-state index contributed by atoms with van der Waals surface area (Å²) >= 11 is 0. The Kier molecular flexibility index (Phi) is 4.58. The van der Waals surface area contributed by atoms with E-state index >= 15 is 0 Å². The second kappa shape index (κ2) is 6.92. The van der Waals surface area contributed by atoms with Gasteiger partial charge in [0, 0.05) is 12.0 Å². The molecule has 1 unspecified atom stereocenters. The molecule has 26 heavy (non-hydrogen) atoms. The third-order valence-electron chi connectivity index (χ3n) is 7.99. The van der Waals surface area contributed by atoms with Gasteiger partial charge in [-0.15, -0.1) is 0 Å². The molecule has 3 fully saturated rings. The highest BCUT2D eigenvalue weighted by molar-refractivity contribution is 5.35. The van der Waals surface area contributed by atoms with Crippen molar-refractivity contribution in [1.82, 2.24) is 0 Å². The molecule has 3 heteroatoms. The van der Waals surface area contributed by atoms with Gasteiger partial charge in [0.2, 0.25) is 0 Å². The molecule has 5 rings (SSSR count). The van der Waals surface area contributed by atoms with Crippen LogP contribution in [0.3, 0.4) is 0 Å². The first kappa shape index (κ1) is 17.2. The first-order valence-electron chi connectivity index (χ1n) is 10.8. The summed E-state index contributed by atoms with van der Waals surface area (Å²) in [5, 5.41) is 11.0. The molecule has 1 aromatic rings. The third kappa shape index (κ3) is 2.75. The monoisotopic (exact) mass is 356 g/mol. The van der Waals surface area contributed by atoms with Crippen molar-refractivity contribution >= 4 is 0 Å². The Morgan fingerprint density at radius 1 is 1.08 bits per heavy atom. The summed E-state index contributed by atoms with van der Waals surface area (Å²) < 4.78 is 12.1. The number of aliphatic hydroxyl groups is 1. The van der Waals surface area contributed by atoms with Crippen molar-refractivity contribution in [3.05, 3.63) is 35.4 Å². The molecule has 0 radical (unpaired) electrons. The van der Waals surface area contributed by atoms with Crippen molar-refractivity contribution in [2.75, 3.05) is 13.2 Å². The fourth-order valence-electron chi connectivity index (χ4n) is 6.67. The number of benzene rings is 1. The second-order valence-corrected chi connectivity index (χ2v) is 9.09. The summed E-state index contributed by atoms with van der Waals surface area (Å²) in [6.45, 7) is 1.51. The molecule has 3 aliphatic carbocycles. The molecule has 1 aliphatic heterocycles. The van der Waals surface area contributed by atoms with Gasteiger partial charge in [0.25, 0.3) is 0 Å². The van der Waals surface area contributed by atoms with Crippen LogP contribution in [-0.2, 0) is 15.9 Å². The van der Waals surface area contributed by atoms with Crippen LogP contribution in [0.2, 0.25) is 0 Å². The molecule has 1 N–H and O–H groups in total. The van der Waals surface area contributed by atoms with E-state index in [0.717, 1.165) is 32.3 Å². The summed E-state index contributed by atoms with van der Waals surface area (Å²) in [6, 6.07) is 9.07. The van der Waals surface area contributed by atoms with Gasteiger partial charge in [0.15, 0.2) is 6.29 Å². The molecule has 2 saturated carbocycles. The van der Waals surface area contributed by atoms with Gasteiger partial charge in [-0.05, 0) is 86.7 Å². The van der Waals surface area contributed by atoms with Gasteiger partial charge in [-0.3, -0.25) is 0 Å². The number of aryl methyl sites for hydroxylation is 1. The quantitative estimate of drug-likeness (QED) is 0.871. The summed E-state index contributed by atoms with van der Waals surface area (Å²) in [7, 11) is 0. The third-order valence-corrected chi connectivity index (χ3v) is 7.99. The zero-order valence-electron chi connectivity index (χ0n) is 15.7. The maximum atomic E-state index is 11.0. The highest BCUT2D eigenvalue weighted by atomic mass is 16.7. The Morgan fingerprint density at radius 3 is 2.88 bits per heavy atom. The number of ether oxygens (including phenoxy) is 2. The van der Waals surface area contributed by atoms with Gasteiger partial charge < -0.3 is 14.6 Å². The lowest BCUT2D eigenvalue weighted by Gasteiger charge is -2.51. The van der Waals surface area contributed by atoms with Crippen LogP contribution in [0.25, 0.3) is 0 Å². The maximum Gasteiger partial charge on any atom is 0.157 e. The topological polar surface area (TPSA) is 38.7 Å². The minimum atomic E-state index is -0.200. The Labute approximate surface area is 157 Å². The van der Waals surface area contributed by atoms with E-state index < -0.39 is 0 Å². The number of fused-ring (bicyclic) bond motifs is 5. The summed E-state index contributed by atoms with van der Waals surface area (Å²) in [6.07, 6.45) is 10.0. The molecule has 0 bridgehead atoms. The fourth-order valence-corrected chi connectivity index (χ4v) is 6.67. The van der Waals surface area contributed by atoms with Crippen molar-refractivity contribution in [3.8, 4) is 0 Å². The number of rotatable bonds is 3. The van der Waals surface area contributed by atoms with Crippen molar-refractivity contribution in [2.45, 2.75) is 76.1 Å². The van der Waals surface area contributed by atoms with E-state index in [1.54, 1.807) is 11.1 Å². The molecule has 0 amide bonds. The van der Waals surface area contributed by atoms with Crippen molar-refractivity contribution in [2.24, 2.45) is 17.3 Å². The van der Waals surface area contributed by atoms with Crippen LogP contribution in [0.5, 0.6) is 0 Å². The smallest absolute Gasteiger partial charge is 0.157 e. The standard InChI is InChI=1S/C23H32O3/c24-21-11-10-20-19-9-8-16-5-1-2-6-17(16)18(19)12-13-23(20,21)15-26-22-7-3-4-14-25-22/h1-2,5-6,18-22,24H,3-4,7-15H2/t18-,19-,20+,21+,22?,23-/m1/s1. The maximum absolute atomic E-state index is 11.0. The largest absolute Gasteiger partial charge is 0.392 e. The summed E-state index contributed by atoms with van der Waals surface area (Å²) in [5.74, 6) is 2.01. The van der Waals surface area contributed by atoms with Crippen molar-refractivity contribution in [3.63, 3.8) is 0 Å². The lowest BCUT2D eigenvalue weighted by molar-refractivity contribution is -0.200. The molecule has 0 spiro atoms. The van der Waals surface area contributed by atoms with Crippen LogP contribution < -0.4 is 0 Å². The second-order valence-electron chi connectivity index (χ2n) is 9.09. The predicted molar refractivity (Wildman–Crippen MR) is 101 cm³/mol. The first-order valence-corrected chi connectivity index (χ1v) is 10.8. The van der Waals surface area contributed by atoms with Crippen molar-refractivity contribution in [1.29, 1.82) is 0 Å². The van der Waals surface area contributed by atoms with Gasteiger partial charge in [0.05, 0.1) is 12.7 Å². The average Bonchev–Trinajstić information content (AvgIpc) is 3.04. The Balaban J connectivity index is 1.37. The minimum Gasteiger partial charge on any atom is -0.392 e. The van der Waals surface area contributed by atoms with E-state index in [-0.39, 0.29) is 17.8 Å². The molecule has 1 heterocycles. The molecular formula is C23H32O3. The number of hydrogen-bond donors (Lipinski definition) is 1. The molecule has 4 aliphatic rings. The highest BCUT2D eigenvalue weighted by Crippen LogP contribution is 2.61. The zero-order chi connectivity index (χ0) is 17.6. The Bertz CT molecular complexity index is 638. The van der Waals surface area contributed by atoms with Crippen LogP contribution >= 0.6 is 0 Å². The van der Waals surface area contributed by atoms with Gasteiger partial charge in [-0.1, -0.05) is 24.3 Å². The van der Waals surface area contributed by atoms with Gasteiger partial charge >= 0.3 is 0 Å². The molecule has 1 saturated heterocycles. The minimum absolute atomic E-state index is 0.0335. The number of hydrogen-bond acceptors (Lipinski definition) is 3. The molecule has 142 valence electrons. The molecule has 0 aromatic heterocycles. The zero-order valence-corrected chi connectivity index (χ0v) is 15.7. The molecule has 1 aromatic carbocycles. The number of aliphatic hydroxyl groups excluding tert-OH is 1. The SMILES string of the molecule is O[C@H]1CC[C@H]2[C@@H]3CCc4ccccc4[C@H]3CC[C@]12COC1CCCCO1. The molecular weight excluding hydrogens is 324 g/mol. The van der Waals surface area contributed by atoms with Crippen LogP contribution in [0.4, 0.5) is 0 Å². The van der Waals surface area contributed by atoms with Crippen molar-refractivity contribution < 1.29 is 14.6 Å². The van der Waals surface area contributed by atoms with Crippen LogP contribution in [0, 0.1) is 17.3 Å².